The lowest BCUT2D eigenvalue weighted by molar-refractivity contribution is 0.00160. The number of hydrogen-bond donors (Lipinski definition) is 1. The van der Waals surface area contributed by atoms with Crippen LogP contribution in [0, 0.1) is 12.8 Å². The first-order chi connectivity index (χ1) is 10.7. The Kier molecular flexibility index (Phi) is 5.12. The number of ether oxygens (including phenoxy) is 2. The number of carbonyl (C=O) groups is 1. The number of aryl methyl sites for hydroxylation is 1. The van der Waals surface area contributed by atoms with Gasteiger partial charge in [0.2, 0.25) is 0 Å². The zero-order valence-electron chi connectivity index (χ0n) is 13.0. The molecule has 22 heavy (non-hydrogen) atoms. The van der Waals surface area contributed by atoms with Crippen LogP contribution in [0.4, 0.5) is 0 Å². The molecular weight excluding hydrogens is 284 g/mol. The number of hydrogen-bond acceptors (Lipinski definition) is 5. The van der Waals surface area contributed by atoms with Crippen molar-refractivity contribution in [2.24, 2.45) is 5.92 Å². The Labute approximate surface area is 130 Å². The number of nitrogens with one attached hydrogen (secondary N) is 1. The molecule has 1 N–H and O–H groups in total. The summed E-state index contributed by atoms with van der Waals surface area (Å²) in [7, 11) is 0. The number of carbonyl (C=O) groups excluding carboxylic acids is 1. The average Bonchev–Trinajstić information content (AvgIpc) is 3.20. The van der Waals surface area contributed by atoms with Gasteiger partial charge in [-0.05, 0) is 25.5 Å². The maximum atomic E-state index is 12.2. The summed E-state index contributed by atoms with van der Waals surface area (Å²) in [5.74, 6) is 1.45. The standard InChI is InChI=1S/C16H24N2O4/c1-12-2-3-15(22-12)16(19)17-10-14(13-4-7-21-11-13)18-5-8-20-9-6-18/h2-3,13-14H,4-11H2,1H3,(H,17,19)/t13-,14+/m1/s1. The lowest BCUT2D eigenvalue weighted by atomic mass is 9.97. The maximum Gasteiger partial charge on any atom is 0.287 e. The molecule has 2 saturated heterocycles. The molecule has 3 rings (SSSR count). The van der Waals surface area contributed by atoms with Gasteiger partial charge in [0.1, 0.15) is 5.76 Å². The summed E-state index contributed by atoms with van der Waals surface area (Å²) in [6.45, 7) is 7.39. The highest BCUT2D eigenvalue weighted by atomic mass is 16.5. The molecule has 0 aliphatic carbocycles. The smallest absolute Gasteiger partial charge is 0.287 e. The quantitative estimate of drug-likeness (QED) is 0.881. The van der Waals surface area contributed by atoms with Crippen molar-refractivity contribution in [2.75, 3.05) is 46.1 Å². The molecule has 0 unspecified atom stereocenters. The fraction of sp³-hybridized carbons (Fsp3) is 0.688. The molecule has 2 fully saturated rings. The SMILES string of the molecule is Cc1ccc(C(=O)NC[C@@H]([C@@H]2CCOC2)N2CCOCC2)o1. The van der Waals surface area contributed by atoms with Crippen LogP contribution in [0.1, 0.15) is 22.7 Å². The molecule has 6 heteroatoms. The van der Waals surface area contributed by atoms with Gasteiger partial charge in [-0.1, -0.05) is 0 Å². The third-order valence-corrected chi connectivity index (χ3v) is 4.46. The van der Waals surface area contributed by atoms with Crippen LogP contribution in [0.25, 0.3) is 0 Å². The van der Waals surface area contributed by atoms with E-state index in [1.54, 1.807) is 12.1 Å². The van der Waals surface area contributed by atoms with Gasteiger partial charge in [-0.15, -0.1) is 0 Å². The van der Waals surface area contributed by atoms with Crippen LogP contribution < -0.4 is 5.32 Å². The van der Waals surface area contributed by atoms with Crippen molar-refractivity contribution in [1.82, 2.24) is 10.2 Å². The van der Waals surface area contributed by atoms with Gasteiger partial charge in [0, 0.05) is 38.2 Å². The van der Waals surface area contributed by atoms with Crippen molar-refractivity contribution in [3.8, 4) is 0 Å². The summed E-state index contributed by atoms with van der Waals surface area (Å²) in [5.41, 5.74) is 0. The van der Waals surface area contributed by atoms with E-state index in [0.29, 0.717) is 24.3 Å². The van der Waals surface area contributed by atoms with E-state index in [-0.39, 0.29) is 5.91 Å². The monoisotopic (exact) mass is 308 g/mol. The van der Waals surface area contributed by atoms with Gasteiger partial charge < -0.3 is 19.2 Å². The second kappa shape index (κ2) is 7.26. The minimum atomic E-state index is -0.148. The number of furan rings is 1. The molecule has 122 valence electrons. The summed E-state index contributed by atoms with van der Waals surface area (Å²) in [6.07, 6.45) is 1.05. The predicted molar refractivity (Wildman–Crippen MR) is 80.9 cm³/mol. The fourth-order valence-electron chi connectivity index (χ4n) is 3.20. The summed E-state index contributed by atoms with van der Waals surface area (Å²) in [6, 6.07) is 3.82. The normalized spacial score (nSPS) is 24.3. The molecule has 1 aromatic heterocycles. The van der Waals surface area contributed by atoms with E-state index in [2.05, 4.69) is 10.2 Å². The lowest BCUT2D eigenvalue weighted by Crippen LogP contribution is -2.52. The topological polar surface area (TPSA) is 63.9 Å². The van der Waals surface area contributed by atoms with Crippen LogP contribution in [0.3, 0.4) is 0 Å². The minimum absolute atomic E-state index is 0.148. The van der Waals surface area contributed by atoms with Crippen molar-refractivity contribution in [3.63, 3.8) is 0 Å². The molecular formula is C16H24N2O4. The molecule has 0 bridgehead atoms. The van der Waals surface area contributed by atoms with Gasteiger partial charge in [-0.3, -0.25) is 9.69 Å². The number of amides is 1. The first kappa shape index (κ1) is 15.5. The highest BCUT2D eigenvalue weighted by Crippen LogP contribution is 2.22. The van der Waals surface area contributed by atoms with Crippen LogP contribution in [-0.4, -0.2) is 62.9 Å². The van der Waals surface area contributed by atoms with Crippen molar-refractivity contribution in [1.29, 1.82) is 0 Å². The van der Waals surface area contributed by atoms with Gasteiger partial charge in [0.05, 0.1) is 19.8 Å². The Balaban J connectivity index is 1.60. The van der Waals surface area contributed by atoms with E-state index in [0.717, 1.165) is 51.7 Å². The molecule has 0 saturated carbocycles. The predicted octanol–water partition coefficient (Wildman–Crippen LogP) is 1.06. The van der Waals surface area contributed by atoms with E-state index in [4.69, 9.17) is 13.9 Å². The van der Waals surface area contributed by atoms with Crippen LogP contribution in [0.5, 0.6) is 0 Å². The Hall–Kier alpha value is -1.37. The maximum absolute atomic E-state index is 12.2. The van der Waals surface area contributed by atoms with E-state index >= 15 is 0 Å². The number of rotatable bonds is 5. The highest BCUT2D eigenvalue weighted by molar-refractivity contribution is 5.91. The third kappa shape index (κ3) is 3.69. The van der Waals surface area contributed by atoms with E-state index in [1.807, 2.05) is 6.92 Å². The number of nitrogens with zero attached hydrogens (tertiary/aromatic N) is 1. The van der Waals surface area contributed by atoms with Crippen LogP contribution in [0.15, 0.2) is 16.5 Å². The van der Waals surface area contributed by atoms with Crippen LogP contribution >= 0.6 is 0 Å². The summed E-state index contributed by atoms with van der Waals surface area (Å²) in [4.78, 5) is 14.6. The molecule has 2 aliphatic heterocycles. The Bertz CT molecular complexity index is 490. The fourth-order valence-corrected chi connectivity index (χ4v) is 3.20. The molecule has 0 radical (unpaired) electrons. The zero-order valence-corrected chi connectivity index (χ0v) is 13.0. The first-order valence-corrected chi connectivity index (χ1v) is 7.98. The number of morpholine rings is 1. The van der Waals surface area contributed by atoms with Crippen molar-refractivity contribution >= 4 is 5.91 Å². The van der Waals surface area contributed by atoms with Gasteiger partial charge in [-0.25, -0.2) is 0 Å². The largest absolute Gasteiger partial charge is 0.456 e. The molecule has 3 heterocycles. The van der Waals surface area contributed by atoms with E-state index < -0.39 is 0 Å². The third-order valence-electron chi connectivity index (χ3n) is 4.46. The highest BCUT2D eigenvalue weighted by Gasteiger charge is 2.31. The average molecular weight is 308 g/mol. The Morgan fingerprint density at radius 2 is 2.14 bits per heavy atom. The van der Waals surface area contributed by atoms with E-state index in [9.17, 15) is 4.79 Å². The zero-order chi connectivity index (χ0) is 15.4. The van der Waals surface area contributed by atoms with Crippen molar-refractivity contribution in [3.05, 3.63) is 23.7 Å². The van der Waals surface area contributed by atoms with Crippen molar-refractivity contribution < 1.29 is 18.7 Å². The minimum Gasteiger partial charge on any atom is -0.456 e. The molecule has 6 nitrogen and oxygen atoms in total. The summed E-state index contributed by atoms with van der Waals surface area (Å²) < 4.78 is 16.3. The molecule has 2 aliphatic rings. The van der Waals surface area contributed by atoms with Crippen molar-refractivity contribution in [2.45, 2.75) is 19.4 Å². The second-order valence-electron chi connectivity index (χ2n) is 5.96. The van der Waals surface area contributed by atoms with Crippen LogP contribution in [0.2, 0.25) is 0 Å². The van der Waals surface area contributed by atoms with Gasteiger partial charge in [0.15, 0.2) is 5.76 Å². The second-order valence-corrected chi connectivity index (χ2v) is 5.96. The Morgan fingerprint density at radius 1 is 1.32 bits per heavy atom. The van der Waals surface area contributed by atoms with Gasteiger partial charge in [-0.2, -0.15) is 0 Å². The molecule has 1 aromatic rings. The lowest BCUT2D eigenvalue weighted by Gasteiger charge is -2.37. The molecule has 0 aromatic carbocycles. The molecule has 1 amide bonds. The molecule has 2 atom stereocenters. The van der Waals surface area contributed by atoms with Gasteiger partial charge in [0.25, 0.3) is 5.91 Å². The summed E-state index contributed by atoms with van der Waals surface area (Å²) in [5, 5.41) is 3.02. The van der Waals surface area contributed by atoms with E-state index in [1.165, 1.54) is 0 Å². The Morgan fingerprint density at radius 3 is 2.77 bits per heavy atom. The molecule has 0 spiro atoms. The van der Waals surface area contributed by atoms with Crippen LogP contribution in [-0.2, 0) is 9.47 Å². The first-order valence-electron chi connectivity index (χ1n) is 7.98. The summed E-state index contributed by atoms with van der Waals surface area (Å²) >= 11 is 0. The van der Waals surface area contributed by atoms with Gasteiger partial charge >= 0.3 is 0 Å².